The van der Waals surface area contributed by atoms with Gasteiger partial charge in [-0.15, -0.1) is 11.3 Å². The minimum absolute atomic E-state index is 0.0587. The number of anilines is 1. The second-order valence-corrected chi connectivity index (χ2v) is 9.13. The van der Waals surface area contributed by atoms with E-state index in [1.165, 1.54) is 18.4 Å². The van der Waals surface area contributed by atoms with Crippen LogP contribution in [0.15, 0.2) is 24.3 Å². The zero-order valence-electron chi connectivity index (χ0n) is 17.9. The molecule has 1 N–H and O–H groups in total. The van der Waals surface area contributed by atoms with Crippen molar-refractivity contribution >= 4 is 34.3 Å². The summed E-state index contributed by atoms with van der Waals surface area (Å²) < 4.78 is 4.82. The molecule has 1 aromatic heterocycles. The third kappa shape index (κ3) is 4.38. The molecule has 0 unspecified atom stereocenters. The monoisotopic (exact) mass is 429 g/mol. The van der Waals surface area contributed by atoms with Crippen LogP contribution in [0.5, 0.6) is 0 Å². The first-order chi connectivity index (χ1) is 14.2. The molecule has 2 amide bonds. The Morgan fingerprint density at radius 1 is 1.23 bits per heavy atom. The lowest BCUT2D eigenvalue weighted by molar-refractivity contribution is -0.121. The van der Waals surface area contributed by atoms with Crippen molar-refractivity contribution in [3.8, 4) is 0 Å². The van der Waals surface area contributed by atoms with Gasteiger partial charge in [-0.25, -0.2) is 9.78 Å². The fraction of sp³-hybridized carbons (Fsp3) is 0.455. The molecule has 1 aliphatic heterocycles. The molecule has 0 bridgehead atoms. The zero-order valence-corrected chi connectivity index (χ0v) is 18.7. The summed E-state index contributed by atoms with van der Waals surface area (Å²) >= 11 is 1.26. The molecule has 0 spiro atoms. The molecule has 0 radical (unpaired) electrons. The quantitative estimate of drug-likeness (QED) is 0.671. The first kappa shape index (κ1) is 22.0. The SMILES string of the molecule is COC(=O)c1nc(NC(=O)[C@@H](CC(C)C)N2Cc3ccccc3C2=O)sc1C(C)C. The van der Waals surface area contributed by atoms with E-state index >= 15 is 0 Å². The Hall–Kier alpha value is -2.74. The number of methoxy groups -OCH3 is 1. The fourth-order valence-corrected chi connectivity index (χ4v) is 4.52. The van der Waals surface area contributed by atoms with Crippen LogP contribution in [0.1, 0.15) is 71.3 Å². The maximum atomic E-state index is 13.2. The number of esters is 1. The third-order valence-corrected chi connectivity index (χ3v) is 6.28. The maximum Gasteiger partial charge on any atom is 0.357 e. The molecule has 160 valence electrons. The Morgan fingerprint density at radius 2 is 1.93 bits per heavy atom. The minimum atomic E-state index is -0.627. The maximum absolute atomic E-state index is 13.2. The van der Waals surface area contributed by atoms with Crippen molar-refractivity contribution in [1.29, 1.82) is 0 Å². The second-order valence-electron chi connectivity index (χ2n) is 8.10. The van der Waals surface area contributed by atoms with E-state index < -0.39 is 12.0 Å². The van der Waals surface area contributed by atoms with Crippen molar-refractivity contribution in [1.82, 2.24) is 9.88 Å². The number of hydrogen-bond donors (Lipinski definition) is 1. The Morgan fingerprint density at radius 3 is 2.53 bits per heavy atom. The van der Waals surface area contributed by atoms with Gasteiger partial charge in [-0.2, -0.15) is 0 Å². The number of carbonyl (C=O) groups is 3. The number of amides is 2. The van der Waals surface area contributed by atoms with E-state index in [9.17, 15) is 14.4 Å². The molecule has 1 aliphatic rings. The molecule has 0 saturated heterocycles. The van der Waals surface area contributed by atoms with Crippen molar-refractivity contribution in [3.05, 3.63) is 46.0 Å². The highest BCUT2D eigenvalue weighted by Crippen LogP contribution is 2.32. The van der Waals surface area contributed by atoms with Crippen molar-refractivity contribution in [2.75, 3.05) is 12.4 Å². The molecule has 0 fully saturated rings. The molecule has 0 saturated carbocycles. The summed E-state index contributed by atoms with van der Waals surface area (Å²) in [6.07, 6.45) is 0.526. The lowest BCUT2D eigenvalue weighted by atomic mass is 10.0. The smallest absolute Gasteiger partial charge is 0.357 e. The topological polar surface area (TPSA) is 88.6 Å². The van der Waals surface area contributed by atoms with Crippen molar-refractivity contribution in [3.63, 3.8) is 0 Å². The molecule has 1 aromatic carbocycles. The lowest BCUT2D eigenvalue weighted by Gasteiger charge is -2.27. The number of hydrogen-bond acceptors (Lipinski definition) is 6. The number of benzene rings is 1. The van der Waals surface area contributed by atoms with Crippen molar-refractivity contribution < 1.29 is 19.1 Å². The predicted octanol–water partition coefficient (Wildman–Crippen LogP) is 4.06. The minimum Gasteiger partial charge on any atom is -0.464 e. The number of carbonyl (C=O) groups excluding carboxylic acids is 3. The van der Waals surface area contributed by atoms with Crippen LogP contribution < -0.4 is 5.32 Å². The standard InChI is InChI=1S/C22H27N3O4S/c1-12(2)10-16(25-11-14-8-6-7-9-15(14)20(25)27)19(26)24-22-23-17(21(28)29-5)18(30-22)13(3)4/h6-9,12-13,16H,10-11H2,1-5H3,(H,23,24,26)/t16-/m1/s1. The fourth-order valence-electron chi connectivity index (χ4n) is 3.56. The molecular formula is C22H27N3O4S. The van der Waals surface area contributed by atoms with Gasteiger partial charge in [-0.1, -0.05) is 45.9 Å². The summed E-state index contributed by atoms with van der Waals surface area (Å²) in [7, 11) is 1.30. The number of fused-ring (bicyclic) bond motifs is 1. The van der Waals surface area contributed by atoms with Crippen molar-refractivity contribution in [2.24, 2.45) is 5.92 Å². The van der Waals surface area contributed by atoms with E-state index in [0.29, 0.717) is 23.7 Å². The molecule has 30 heavy (non-hydrogen) atoms. The van der Waals surface area contributed by atoms with Crippen molar-refractivity contribution in [2.45, 2.75) is 52.6 Å². The Labute approximate surface area is 180 Å². The van der Waals surface area contributed by atoms with E-state index in [4.69, 9.17) is 4.74 Å². The second kappa shape index (κ2) is 8.95. The number of nitrogens with zero attached hydrogens (tertiary/aromatic N) is 2. The number of nitrogens with one attached hydrogen (secondary N) is 1. The number of thiazole rings is 1. The highest BCUT2D eigenvalue weighted by molar-refractivity contribution is 7.16. The van der Waals surface area contributed by atoms with Crippen LogP contribution in [-0.2, 0) is 16.1 Å². The number of rotatable bonds is 7. The normalized spacial score (nSPS) is 14.2. The largest absolute Gasteiger partial charge is 0.464 e. The summed E-state index contributed by atoms with van der Waals surface area (Å²) in [5.74, 6) is -0.692. The van der Waals surface area contributed by atoms with Gasteiger partial charge in [0, 0.05) is 17.0 Å². The molecule has 7 nitrogen and oxygen atoms in total. The average Bonchev–Trinajstić information content (AvgIpc) is 3.27. The van der Waals surface area contributed by atoms with Crippen LogP contribution >= 0.6 is 11.3 Å². The average molecular weight is 430 g/mol. The van der Waals surface area contributed by atoms with Gasteiger partial charge in [-0.05, 0) is 29.9 Å². The van der Waals surface area contributed by atoms with Gasteiger partial charge in [0.2, 0.25) is 5.91 Å². The van der Waals surface area contributed by atoms with Gasteiger partial charge in [0.25, 0.3) is 5.91 Å². The van der Waals surface area contributed by atoms with Crippen LogP contribution in [0.4, 0.5) is 5.13 Å². The summed E-state index contributed by atoms with van der Waals surface area (Å²) in [6.45, 7) is 8.34. The molecule has 2 aromatic rings. The highest BCUT2D eigenvalue weighted by Gasteiger charge is 2.37. The molecular weight excluding hydrogens is 402 g/mol. The van der Waals surface area contributed by atoms with Gasteiger partial charge in [0.1, 0.15) is 6.04 Å². The summed E-state index contributed by atoms with van der Waals surface area (Å²) in [5.41, 5.74) is 1.79. The van der Waals surface area contributed by atoms with Gasteiger partial charge in [0.05, 0.1) is 7.11 Å². The number of aromatic nitrogens is 1. The molecule has 1 atom stereocenters. The van der Waals surface area contributed by atoms with Crippen LogP contribution in [0.25, 0.3) is 0 Å². The molecule has 3 rings (SSSR count). The van der Waals surface area contributed by atoms with Gasteiger partial charge in [-0.3, -0.25) is 9.59 Å². The van der Waals surface area contributed by atoms with Gasteiger partial charge >= 0.3 is 5.97 Å². The Bertz CT molecular complexity index is 967. The number of ether oxygens (including phenoxy) is 1. The first-order valence-electron chi connectivity index (χ1n) is 10.0. The van der Waals surface area contributed by atoms with Gasteiger partial charge in [0.15, 0.2) is 10.8 Å². The Kier molecular flexibility index (Phi) is 6.55. The highest BCUT2D eigenvalue weighted by atomic mass is 32.1. The zero-order chi connectivity index (χ0) is 22.0. The molecule has 8 heteroatoms. The molecule has 2 heterocycles. The van der Waals surface area contributed by atoms with E-state index in [1.54, 1.807) is 11.0 Å². The lowest BCUT2D eigenvalue weighted by Crippen LogP contribution is -2.45. The van der Waals surface area contributed by atoms with Crippen LogP contribution in [0, 0.1) is 5.92 Å². The molecule has 0 aliphatic carbocycles. The van der Waals surface area contributed by atoms with E-state index in [1.807, 2.05) is 45.9 Å². The van der Waals surface area contributed by atoms with E-state index in [0.717, 1.165) is 10.4 Å². The summed E-state index contributed by atoms with van der Waals surface area (Å²) in [6, 6.07) is 6.80. The Balaban J connectivity index is 1.85. The predicted molar refractivity (Wildman–Crippen MR) is 116 cm³/mol. The van der Waals surface area contributed by atoms with Crippen LogP contribution in [0.2, 0.25) is 0 Å². The van der Waals surface area contributed by atoms with Crippen LogP contribution in [0.3, 0.4) is 0 Å². The first-order valence-corrected chi connectivity index (χ1v) is 10.8. The van der Waals surface area contributed by atoms with Crippen LogP contribution in [-0.4, -0.2) is 40.8 Å². The third-order valence-electron chi connectivity index (χ3n) is 5.01. The van der Waals surface area contributed by atoms with E-state index in [-0.39, 0.29) is 29.3 Å². The summed E-state index contributed by atoms with van der Waals surface area (Å²) in [5, 5.41) is 3.17. The van der Waals surface area contributed by atoms with Gasteiger partial charge < -0.3 is 15.0 Å². The van der Waals surface area contributed by atoms with E-state index in [2.05, 4.69) is 10.3 Å². The summed E-state index contributed by atoms with van der Waals surface area (Å²) in [4.78, 5) is 44.9.